The molecule has 3 rings (SSSR count). The van der Waals surface area contributed by atoms with Gasteiger partial charge >= 0.3 is 5.97 Å². The molecule has 1 aliphatic rings. The van der Waals surface area contributed by atoms with Crippen molar-refractivity contribution in [2.75, 3.05) is 5.32 Å². The summed E-state index contributed by atoms with van der Waals surface area (Å²) in [6.45, 7) is 5.50. The average molecular weight is 393 g/mol. The maximum Gasteiger partial charge on any atom is 0.306 e. The summed E-state index contributed by atoms with van der Waals surface area (Å²) in [4.78, 5) is 49.6. The van der Waals surface area contributed by atoms with Crippen molar-refractivity contribution in [3.05, 3.63) is 64.7 Å². The molecular formula is C23H23NO5. The molecule has 1 atom stereocenters. The summed E-state index contributed by atoms with van der Waals surface area (Å²) in [6.07, 6.45) is -0.0245. The molecule has 150 valence electrons. The minimum atomic E-state index is -0.969. The van der Waals surface area contributed by atoms with Crippen LogP contribution < -0.4 is 5.32 Å². The average Bonchev–Trinajstić information content (AvgIpc) is 2.70. The Morgan fingerprint density at radius 3 is 2.10 bits per heavy atom. The molecule has 2 aromatic carbocycles. The van der Waals surface area contributed by atoms with Gasteiger partial charge in [0.15, 0.2) is 17.7 Å². The summed E-state index contributed by atoms with van der Waals surface area (Å²) >= 11 is 0. The Morgan fingerprint density at radius 1 is 0.897 bits per heavy atom. The molecule has 0 saturated heterocycles. The van der Waals surface area contributed by atoms with Gasteiger partial charge in [-0.3, -0.25) is 19.2 Å². The molecule has 0 radical (unpaired) electrons. The number of esters is 1. The first-order chi connectivity index (χ1) is 13.8. The van der Waals surface area contributed by atoms with E-state index >= 15 is 0 Å². The number of hydrogen-bond donors (Lipinski definition) is 1. The highest BCUT2D eigenvalue weighted by molar-refractivity contribution is 6.28. The van der Waals surface area contributed by atoms with Crippen LogP contribution in [0.5, 0.6) is 0 Å². The Labute approximate surface area is 169 Å². The quantitative estimate of drug-likeness (QED) is 0.644. The van der Waals surface area contributed by atoms with Crippen LogP contribution in [0.15, 0.2) is 42.5 Å². The van der Waals surface area contributed by atoms with E-state index in [1.54, 1.807) is 30.3 Å². The molecule has 2 aromatic rings. The molecule has 0 bridgehead atoms. The third kappa shape index (κ3) is 4.42. The van der Waals surface area contributed by atoms with E-state index in [1.165, 1.54) is 19.1 Å². The molecule has 0 aromatic heterocycles. The smallest absolute Gasteiger partial charge is 0.306 e. The second-order valence-corrected chi connectivity index (χ2v) is 7.52. The van der Waals surface area contributed by atoms with Crippen molar-refractivity contribution in [3.8, 4) is 0 Å². The van der Waals surface area contributed by atoms with E-state index < -0.39 is 18.0 Å². The Bertz CT molecular complexity index is 993. The first-order valence-corrected chi connectivity index (χ1v) is 9.60. The second kappa shape index (κ2) is 8.39. The SMILES string of the molecule is CC(C)CCC(=O)O[C@@H](C)C(=O)Nc1ccc2c(c1)C(=O)c1ccccc1C2=O. The highest BCUT2D eigenvalue weighted by Crippen LogP contribution is 2.29. The van der Waals surface area contributed by atoms with Gasteiger partial charge < -0.3 is 10.1 Å². The lowest BCUT2D eigenvalue weighted by Crippen LogP contribution is -2.30. The van der Waals surface area contributed by atoms with E-state index in [0.717, 1.165) is 0 Å². The second-order valence-electron chi connectivity index (χ2n) is 7.52. The fraction of sp³-hybridized carbons (Fsp3) is 0.304. The van der Waals surface area contributed by atoms with E-state index in [4.69, 9.17) is 4.74 Å². The molecule has 1 N–H and O–H groups in total. The number of anilines is 1. The number of carbonyl (C=O) groups is 4. The number of benzene rings is 2. The molecule has 1 aliphatic carbocycles. The molecule has 0 spiro atoms. The van der Waals surface area contributed by atoms with Gasteiger partial charge in [-0.15, -0.1) is 0 Å². The lowest BCUT2D eigenvalue weighted by molar-refractivity contribution is -0.153. The van der Waals surface area contributed by atoms with Gasteiger partial charge in [-0.25, -0.2) is 0 Å². The van der Waals surface area contributed by atoms with Gasteiger partial charge in [0.2, 0.25) is 0 Å². The van der Waals surface area contributed by atoms with Gasteiger partial charge in [0.25, 0.3) is 5.91 Å². The van der Waals surface area contributed by atoms with Crippen molar-refractivity contribution in [3.63, 3.8) is 0 Å². The van der Waals surface area contributed by atoms with Gasteiger partial charge in [-0.2, -0.15) is 0 Å². The van der Waals surface area contributed by atoms with E-state index in [-0.39, 0.29) is 23.6 Å². The predicted molar refractivity (Wildman–Crippen MR) is 108 cm³/mol. The minimum absolute atomic E-state index is 0.222. The third-order valence-corrected chi connectivity index (χ3v) is 4.80. The van der Waals surface area contributed by atoms with E-state index in [2.05, 4.69) is 5.32 Å². The molecule has 0 heterocycles. The zero-order valence-corrected chi connectivity index (χ0v) is 16.7. The van der Waals surface area contributed by atoms with Crippen LogP contribution in [0.3, 0.4) is 0 Å². The number of carbonyl (C=O) groups excluding carboxylic acids is 4. The van der Waals surface area contributed by atoms with Crippen molar-refractivity contribution >= 4 is 29.1 Å². The lowest BCUT2D eigenvalue weighted by Gasteiger charge is -2.19. The maximum absolute atomic E-state index is 12.8. The highest BCUT2D eigenvalue weighted by Gasteiger charge is 2.29. The molecule has 0 saturated carbocycles. The number of hydrogen-bond acceptors (Lipinski definition) is 5. The largest absolute Gasteiger partial charge is 0.453 e. The zero-order valence-electron chi connectivity index (χ0n) is 16.7. The number of rotatable bonds is 6. The van der Waals surface area contributed by atoms with Crippen LogP contribution in [0.25, 0.3) is 0 Å². The minimum Gasteiger partial charge on any atom is -0.453 e. The molecular weight excluding hydrogens is 370 g/mol. The third-order valence-electron chi connectivity index (χ3n) is 4.80. The van der Waals surface area contributed by atoms with Gasteiger partial charge in [-0.05, 0) is 37.5 Å². The Kier molecular flexibility index (Phi) is 5.92. The molecule has 1 amide bonds. The van der Waals surface area contributed by atoms with Crippen molar-refractivity contribution < 1.29 is 23.9 Å². The fourth-order valence-electron chi connectivity index (χ4n) is 3.14. The zero-order chi connectivity index (χ0) is 21.1. The highest BCUT2D eigenvalue weighted by atomic mass is 16.5. The fourth-order valence-corrected chi connectivity index (χ4v) is 3.14. The number of ketones is 2. The van der Waals surface area contributed by atoms with Crippen molar-refractivity contribution in [2.45, 2.75) is 39.7 Å². The molecule has 6 heteroatoms. The summed E-state index contributed by atoms with van der Waals surface area (Å²) in [5, 5.41) is 2.64. The Hall–Kier alpha value is -3.28. The number of nitrogens with one attached hydrogen (secondary N) is 1. The summed E-state index contributed by atoms with van der Waals surface area (Å²) in [5.41, 5.74) is 1.64. The first-order valence-electron chi connectivity index (χ1n) is 9.60. The van der Waals surface area contributed by atoms with Gasteiger partial charge in [0.1, 0.15) is 0 Å². The van der Waals surface area contributed by atoms with Gasteiger partial charge in [0, 0.05) is 34.4 Å². The van der Waals surface area contributed by atoms with Gasteiger partial charge in [-0.1, -0.05) is 38.1 Å². The number of fused-ring (bicyclic) bond motifs is 2. The molecule has 0 aliphatic heterocycles. The molecule has 6 nitrogen and oxygen atoms in total. The summed E-state index contributed by atoms with van der Waals surface area (Å²) in [6, 6.07) is 11.2. The summed E-state index contributed by atoms with van der Waals surface area (Å²) in [7, 11) is 0. The van der Waals surface area contributed by atoms with Crippen LogP contribution >= 0.6 is 0 Å². The van der Waals surface area contributed by atoms with E-state index in [9.17, 15) is 19.2 Å². The number of amides is 1. The normalized spacial score (nSPS) is 13.5. The number of ether oxygens (including phenoxy) is 1. The lowest BCUT2D eigenvalue weighted by atomic mass is 9.84. The maximum atomic E-state index is 12.8. The monoisotopic (exact) mass is 393 g/mol. The molecule has 0 unspecified atom stereocenters. The Balaban J connectivity index is 1.72. The van der Waals surface area contributed by atoms with Crippen molar-refractivity contribution in [1.82, 2.24) is 0 Å². The Morgan fingerprint density at radius 2 is 1.48 bits per heavy atom. The topological polar surface area (TPSA) is 89.5 Å². The van der Waals surface area contributed by atoms with E-state index in [0.29, 0.717) is 34.7 Å². The summed E-state index contributed by atoms with van der Waals surface area (Å²) < 4.78 is 5.16. The van der Waals surface area contributed by atoms with Crippen molar-refractivity contribution in [1.29, 1.82) is 0 Å². The van der Waals surface area contributed by atoms with Crippen molar-refractivity contribution in [2.24, 2.45) is 5.92 Å². The van der Waals surface area contributed by atoms with Gasteiger partial charge in [0.05, 0.1) is 0 Å². The predicted octanol–water partition coefficient (Wildman–Crippen LogP) is 3.77. The van der Waals surface area contributed by atoms with Crippen LogP contribution in [0, 0.1) is 5.92 Å². The van der Waals surface area contributed by atoms with Crippen LogP contribution in [0.4, 0.5) is 5.69 Å². The molecule has 0 fully saturated rings. The van der Waals surface area contributed by atoms with Crippen LogP contribution in [-0.4, -0.2) is 29.5 Å². The van der Waals surface area contributed by atoms with E-state index in [1.807, 2.05) is 13.8 Å². The standard InChI is InChI=1S/C23H23NO5/c1-13(2)8-11-20(25)29-14(3)23(28)24-15-9-10-18-19(12-15)22(27)17-7-5-4-6-16(17)21(18)26/h4-7,9-10,12-14H,8,11H2,1-3H3,(H,24,28)/t14-/m0/s1. The summed E-state index contributed by atoms with van der Waals surface area (Å²) in [5.74, 6) is -1.05. The molecule has 29 heavy (non-hydrogen) atoms. The van der Waals surface area contributed by atoms with Crippen LogP contribution in [0.2, 0.25) is 0 Å². The first kappa shape index (κ1) is 20.5. The van der Waals surface area contributed by atoms with Crippen LogP contribution in [0.1, 0.15) is 65.5 Å². The van der Waals surface area contributed by atoms with Crippen LogP contribution in [-0.2, 0) is 14.3 Å².